The summed E-state index contributed by atoms with van der Waals surface area (Å²) in [4.78, 5) is 42.0. The van der Waals surface area contributed by atoms with E-state index >= 15 is 0 Å². The van der Waals surface area contributed by atoms with Gasteiger partial charge in [0.05, 0.1) is 0 Å². The first-order chi connectivity index (χ1) is 17.0. The second kappa shape index (κ2) is 13.7. The van der Waals surface area contributed by atoms with E-state index < -0.39 is 29.3 Å². The Balaban J connectivity index is 3.55. The molecule has 8 heteroatoms. The standard InChI is InChI=1S/C29H49N3O5/c1-11-12-13-14-17-32(26(35)23(19(2)3)30-27(36)37-29(8,9)10)24(25(34)31-28(5,6)7)21-15-16-22(33)20(4)18-21/h15-16,18-19,23-24,33H,11-14,17H2,1-10H3,(H,30,36)(H,31,34). The van der Waals surface area contributed by atoms with Gasteiger partial charge in [-0.05, 0) is 84.1 Å². The second-order valence-electron chi connectivity index (χ2n) is 12.1. The van der Waals surface area contributed by atoms with E-state index in [0.29, 0.717) is 24.1 Å². The highest BCUT2D eigenvalue weighted by Gasteiger charge is 2.38. The first-order valence-corrected chi connectivity index (χ1v) is 13.4. The van der Waals surface area contributed by atoms with E-state index in [1.165, 1.54) is 0 Å². The van der Waals surface area contributed by atoms with Crippen LogP contribution in [0.25, 0.3) is 0 Å². The molecule has 210 valence electrons. The summed E-state index contributed by atoms with van der Waals surface area (Å²) in [7, 11) is 0. The molecule has 0 saturated heterocycles. The van der Waals surface area contributed by atoms with Crippen molar-refractivity contribution in [2.24, 2.45) is 5.92 Å². The van der Waals surface area contributed by atoms with Crippen molar-refractivity contribution in [3.05, 3.63) is 29.3 Å². The molecule has 2 atom stereocenters. The number of carbonyl (C=O) groups excluding carboxylic acids is 3. The van der Waals surface area contributed by atoms with Gasteiger partial charge in [0, 0.05) is 12.1 Å². The van der Waals surface area contributed by atoms with Crippen LogP contribution in [0.5, 0.6) is 5.75 Å². The van der Waals surface area contributed by atoms with Gasteiger partial charge in [-0.1, -0.05) is 46.1 Å². The summed E-state index contributed by atoms with van der Waals surface area (Å²) in [5.74, 6) is -0.796. The Morgan fingerprint density at radius 2 is 1.65 bits per heavy atom. The number of amides is 3. The zero-order valence-corrected chi connectivity index (χ0v) is 24.5. The molecule has 1 aromatic rings. The minimum Gasteiger partial charge on any atom is -0.508 e. The van der Waals surface area contributed by atoms with Gasteiger partial charge in [0.1, 0.15) is 23.4 Å². The van der Waals surface area contributed by atoms with Gasteiger partial charge in [-0.3, -0.25) is 9.59 Å². The zero-order chi connectivity index (χ0) is 28.6. The molecule has 0 spiro atoms. The Morgan fingerprint density at radius 3 is 2.14 bits per heavy atom. The van der Waals surface area contributed by atoms with Crippen LogP contribution in [0.2, 0.25) is 0 Å². The van der Waals surface area contributed by atoms with Crippen LogP contribution < -0.4 is 10.6 Å². The van der Waals surface area contributed by atoms with Crippen LogP contribution in [0.3, 0.4) is 0 Å². The Morgan fingerprint density at radius 1 is 1.03 bits per heavy atom. The van der Waals surface area contributed by atoms with Gasteiger partial charge in [-0.2, -0.15) is 0 Å². The van der Waals surface area contributed by atoms with Crippen LogP contribution in [-0.2, 0) is 14.3 Å². The van der Waals surface area contributed by atoms with Gasteiger partial charge >= 0.3 is 6.09 Å². The fraction of sp³-hybridized carbons (Fsp3) is 0.690. The van der Waals surface area contributed by atoms with Crippen LogP contribution in [0.1, 0.15) is 105 Å². The lowest BCUT2D eigenvalue weighted by atomic mass is 9.96. The summed E-state index contributed by atoms with van der Waals surface area (Å²) in [5, 5.41) is 15.9. The fourth-order valence-corrected chi connectivity index (χ4v) is 3.96. The number of nitrogens with one attached hydrogen (secondary N) is 2. The van der Waals surface area contributed by atoms with E-state index in [1.54, 1.807) is 50.8 Å². The number of unbranched alkanes of at least 4 members (excludes halogenated alkanes) is 3. The Labute approximate surface area is 223 Å². The lowest BCUT2D eigenvalue weighted by Crippen LogP contribution is -2.56. The number of nitrogens with zero attached hydrogens (tertiary/aromatic N) is 1. The number of phenolic OH excluding ortho intramolecular Hbond substituents is 1. The molecule has 8 nitrogen and oxygen atoms in total. The molecule has 0 aliphatic carbocycles. The highest BCUT2D eigenvalue weighted by molar-refractivity contribution is 5.92. The number of carbonyl (C=O) groups is 3. The van der Waals surface area contributed by atoms with Gasteiger partial charge in [0.2, 0.25) is 11.8 Å². The number of hydrogen-bond acceptors (Lipinski definition) is 5. The van der Waals surface area contributed by atoms with Crippen molar-refractivity contribution in [1.29, 1.82) is 0 Å². The van der Waals surface area contributed by atoms with Crippen molar-refractivity contribution >= 4 is 17.9 Å². The average molecular weight is 520 g/mol. The maximum absolute atomic E-state index is 14.1. The van der Waals surface area contributed by atoms with Crippen LogP contribution in [0, 0.1) is 12.8 Å². The molecular weight excluding hydrogens is 470 g/mol. The number of aryl methyl sites for hydroxylation is 1. The predicted molar refractivity (Wildman–Crippen MR) is 147 cm³/mol. The summed E-state index contributed by atoms with van der Waals surface area (Å²) >= 11 is 0. The van der Waals surface area contributed by atoms with E-state index in [1.807, 2.05) is 34.6 Å². The Kier molecular flexibility index (Phi) is 11.9. The topological polar surface area (TPSA) is 108 Å². The lowest BCUT2D eigenvalue weighted by molar-refractivity contribution is -0.144. The Hall–Kier alpha value is -2.77. The minimum atomic E-state index is -0.936. The maximum atomic E-state index is 14.1. The van der Waals surface area contributed by atoms with Crippen LogP contribution in [0.4, 0.5) is 4.79 Å². The lowest BCUT2D eigenvalue weighted by Gasteiger charge is -2.37. The summed E-state index contributed by atoms with van der Waals surface area (Å²) in [6.45, 7) is 18.9. The predicted octanol–water partition coefficient (Wildman–Crippen LogP) is 5.61. The first kappa shape index (κ1) is 32.3. The van der Waals surface area contributed by atoms with Crippen molar-refractivity contribution in [3.8, 4) is 5.75 Å². The largest absolute Gasteiger partial charge is 0.508 e. The number of benzene rings is 1. The second-order valence-corrected chi connectivity index (χ2v) is 12.1. The van der Waals surface area contributed by atoms with Crippen molar-refractivity contribution in [2.45, 2.75) is 118 Å². The SMILES string of the molecule is CCCCCCN(C(=O)C(NC(=O)OC(C)(C)C)C(C)C)C(C(=O)NC(C)(C)C)c1ccc(O)c(C)c1. The molecule has 0 bridgehead atoms. The molecule has 3 N–H and O–H groups in total. The third-order valence-electron chi connectivity index (χ3n) is 5.74. The van der Waals surface area contributed by atoms with Crippen molar-refractivity contribution in [3.63, 3.8) is 0 Å². The molecule has 0 aliphatic rings. The Bertz CT molecular complexity index is 915. The molecule has 0 radical (unpaired) electrons. The molecule has 0 aromatic heterocycles. The maximum Gasteiger partial charge on any atom is 0.408 e. The first-order valence-electron chi connectivity index (χ1n) is 13.4. The van der Waals surface area contributed by atoms with Crippen LogP contribution >= 0.6 is 0 Å². The summed E-state index contributed by atoms with van der Waals surface area (Å²) in [5.41, 5.74) is -0.0325. The molecular formula is C29H49N3O5. The minimum absolute atomic E-state index is 0.117. The van der Waals surface area contributed by atoms with Crippen molar-refractivity contribution in [1.82, 2.24) is 15.5 Å². The molecule has 2 unspecified atom stereocenters. The molecule has 0 heterocycles. The fourth-order valence-electron chi connectivity index (χ4n) is 3.96. The van der Waals surface area contributed by atoms with Gasteiger partial charge in [0.25, 0.3) is 0 Å². The van der Waals surface area contributed by atoms with E-state index in [-0.39, 0.29) is 23.5 Å². The number of alkyl carbamates (subject to hydrolysis) is 1. The summed E-state index contributed by atoms with van der Waals surface area (Å²) in [6, 6.07) is 3.13. The number of ether oxygens (including phenoxy) is 1. The zero-order valence-electron chi connectivity index (χ0n) is 24.5. The molecule has 0 fully saturated rings. The smallest absolute Gasteiger partial charge is 0.408 e. The molecule has 0 aliphatic heterocycles. The van der Waals surface area contributed by atoms with Crippen molar-refractivity contribution in [2.75, 3.05) is 6.54 Å². The van der Waals surface area contributed by atoms with E-state index in [4.69, 9.17) is 4.74 Å². The summed E-state index contributed by atoms with van der Waals surface area (Å²) in [6.07, 6.45) is 3.00. The highest BCUT2D eigenvalue weighted by Crippen LogP contribution is 2.29. The number of hydrogen-bond donors (Lipinski definition) is 3. The van der Waals surface area contributed by atoms with Crippen LogP contribution in [0.15, 0.2) is 18.2 Å². The number of aromatic hydroxyl groups is 1. The van der Waals surface area contributed by atoms with Gasteiger partial charge < -0.3 is 25.4 Å². The third-order valence-corrected chi connectivity index (χ3v) is 5.74. The van der Waals surface area contributed by atoms with Gasteiger partial charge in [-0.15, -0.1) is 0 Å². The third kappa shape index (κ3) is 11.0. The van der Waals surface area contributed by atoms with Gasteiger partial charge in [-0.25, -0.2) is 4.79 Å². The quantitative estimate of drug-likeness (QED) is 0.329. The molecule has 1 rings (SSSR count). The molecule has 37 heavy (non-hydrogen) atoms. The molecule has 0 saturated carbocycles. The highest BCUT2D eigenvalue weighted by atomic mass is 16.6. The van der Waals surface area contributed by atoms with E-state index in [0.717, 1.165) is 19.3 Å². The van der Waals surface area contributed by atoms with Crippen LogP contribution in [-0.4, -0.2) is 51.6 Å². The monoisotopic (exact) mass is 519 g/mol. The van der Waals surface area contributed by atoms with Crippen molar-refractivity contribution < 1.29 is 24.2 Å². The van der Waals surface area contributed by atoms with Gasteiger partial charge in [0.15, 0.2) is 0 Å². The average Bonchev–Trinajstić information content (AvgIpc) is 2.73. The molecule has 3 amide bonds. The number of phenols is 1. The number of rotatable bonds is 11. The van der Waals surface area contributed by atoms with E-state index in [2.05, 4.69) is 17.6 Å². The van der Waals surface area contributed by atoms with E-state index in [9.17, 15) is 19.5 Å². The normalized spacial score (nSPS) is 13.6. The molecule has 1 aromatic carbocycles. The summed E-state index contributed by atoms with van der Waals surface area (Å²) < 4.78 is 5.42.